The predicted molar refractivity (Wildman–Crippen MR) is 112 cm³/mol. The average Bonchev–Trinajstić information content (AvgIpc) is 2.61. The van der Waals surface area contributed by atoms with Crippen molar-refractivity contribution >= 4 is 19.4 Å². The molecule has 0 N–H and O–H groups in total. The zero-order chi connectivity index (χ0) is 18.6. The van der Waals surface area contributed by atoms with Gasteiger partial charge in [0.15, 0.2) is 0 Å². The molecule has 0 amide bonds. The fourth-order valence-corrected chi connectivity index (χ4v) is 6.63. The summed E-state index contributed by atoms with van der Waals surface area (Å²) in [7, 11) is 0. The van der Waals surface area contributed by atoms with Gasteiger partial charge in [0.1, 0.15) is 0 Å². The first kappa shape index (κ1) is 20.1. The van der Waals surface area contributed by atoms with Gasteiger partial charge < -0.3 is 0 Å². The summed E-state index contributed by atoms with van der Waals surface area (Å²) >= 11 is 0.539. The molecule has 1 aromatic carbocycles. The van der Waals surface area contributed by atoms with Gasteiger partial charge in [0, 0.05) is 0 Å². The van der Waals surface area contributed by atoms with Gasteiger partial charge in [-0.3, -0.25) is 0 Å². The van der Waals surface area contributed by atoms with Crippen LogP contribution in [0.25, 0.3) is 0 Å². The Bertz CT molecular complexity index is 585. The molecule has 3 rings (SSSR count). The van der Waals surface area contributed by atoms with Gasteiger partial charge in [-0.15, -0.1) is 0 Å². The molecular formula is C23H35NOSe. The van der Waals surface area contributed by atoms with Crippen molar-refractivity contribution in [2.75, 3.05) is 6.54 Å². The molecule has 0 unspecified atom stereocenters. The van der Waals surface area contributed by atoms with Gasteiger partial charge in [0.05, 0.1) is 0 Å². The molecular weight excluding hydrogens is 385 g/mol. The first-order valence-electron chi connectivity index (χ1n) is 10.2. The first-order valence-corrected chi connectivity index (χ1v) is 12.3. The summed E-state index contributed by atoms with van der Waals surface area (Å²) in [6.07, 6.45) is 10.2. The van der Waals surface area contributed by atoms with Gasteiger partial charge in [-0.05, 0) is 0 Å². The molecule has 1 saturated carbocycles. The number of hydrogen-bond donors (Lipinski definition) is 0. The van der Waals surface area contributed by atoms with E-state index in [1.54, 1.807) is 0 Å². The summed E-state index contributed by atoms with van der Waals surface area (Å²) in [6, 6.07) is 11.0. The molecule has 1 heterocycles. The van der Waals surface area contributed by atoms with E-state index < -0.39 is 0 Å². The third-order valence-electron chi connectivity index (χ3n) is 6.30. The SMILES string of the molecule is C/C=C/CN1[C@H](CC[Se]c2ccccc2)O[C@@H]2C[C@H](C)CC[C@H]2C1(C)C. The second-order valence-corrected chi connectivity index (χ2v) is 10.9. The number of benzene rings is 1. The Labute approximate surface area is 166 Å². The van der Waals surface area contributed by atoms with Crippen molar-refractivity contribution in [3.8, 4) is 0 Å². The number of rotatable bonds is 6. The van der Waals surface area contributed by atoms with Crippen molar-refractivity contribution in [3.63, 3.8) is 0 Å². The molecule has 2 fully saturated rings. The molecule has 3 heteroatoms. The van der Waals surface area contributed by atoms with Crippen molar-refractivity contribution in [1.82, 2.24) is 4.90 Å². The van der Waals surface area contributed by atoms with Crippen LogP contribution in [0.15, 0.2) is 42.5 Å². The van der Waals surface area contributed by atoms with Crippen LogP contribution >= 0.6 is 0 Å². The molecule has 1 aliphatic carbocycles. The van der Waals surface area contributed by atoms with E-state index in [4.69, 9.17) is 4.74 Å². The third-order valence-corrected chi connectivity index (χ3v) is 8.49. The van der Waals surface area contributed by atoms with Gasteiger partial charge in [0.25, 0.3) is 0 Å². The molecule has 26 heavy (non-hydrogen) atoms. The average molecular weight is 420 g/mol. The van der Waals surface area contributed by atoms with Crippen LogP contribution in [0.5, 0.6) is 0 Å². The van der Waals surface area contributed by atoms with Gasteiger partial charge in [0.2, 0.25) is 0 Å². The number of allylic oxidation sites excluding steroid dienone is 1. The van der Waals surface area contributed by atoms with E-state index in [9.17, 15) is 0 Å². The van der Waals surface area contributed by atoms with Crippen LogP contribution in [-0.4, -0.2) is 44.3 Å². The van der Waals surface area contributed by atoms with Gasteiger partial charge in [-0.25, -0.2) is 0 Å². The first-order chi connectivity index (χ1) is 12.5. The number of fused-ring (bicyclic) bond motifs is 1. The molecule has 0 bridgehead atoms. The molecule has 0 radical (unpaired) electrons. The zero-order valence-corrected chi connectivity index (χ0v) is 18.6. The van der Waals surface area contributed by atoms with Gasteiger partial charge in [-0.2, -0.15) is 0 Å². The van der Waals surface area contributed by atoms with Crippen LogP contribution in [0.1, 0.15) is 53.4 Å². The van der Waals surface area contributed by atoms with Crippen molar-refractivity contribution in [1.29, 1.82) is 0 Å². The van der Waals surface area contributed by atoms with Crippen LogP contribution in [0, 0.1) is 11.8 Å². The molecule has 0 spiro atoms. The summed E-state index contributed by atoms with van der Waals surface area (Å²) in [5.41, 5.74) is 0.215. The summed E-state index contributed by atoms with van der Waals surface area (Å²) in [5, 5.41) is 1.25. The summed E-state index contributed by atoms with van der Waals surface area (Å²) < 4.78 is 8.25. The number of nitrogens with zero attached hydrogens (tertiary/aromatic N) is 1. The molecule has 1 aliphatic heterocycles. The zero-order valence-electron chi connectivity index (χ0n) is 16.9. The van der Waals surface area contributed by atoms with Crippen LogP contribution in [0.3, 0.4) is 0 Å². The molecule has 0 aromatic heterocycles. The van der Waals surface area contributed by atoms with Crippen LogP contribution in [0.2, 0.25) is 5.32 Å². The normalized spacial score (nSPS) is 31.8. The molecule has 2 aliphatic rings. The van der Waals surface area contributed by atoms with Crippen molar-refractivity contribution in [2.24, 2.45) is 11.8 Å². The van der Waals surface area contributed by atoms with Crippen LogP contribution < -0.4 is 4.46 Å². The van der Waals surface area contributed by atoms with Gasteiger partial charge >= 0.3 is 166 Å². The maximum atomic E-state index is 6.75. The van der Waals surface area contributed by atoms with Crippen molar-refractivity contribution in [2.45, 2.75) is 76.6 Å². The van der Waals surface area contributed by atoms with E-state index in [1.165, 1.54) is 29.0 Å². The molecule has 144 valence electrons. The molecule has 2 nitrogen and oxygen atoms in total. The Hall–Kier alpha value is -0.601. The van der Waals surface area contributed by atoms with E-state index in [0.717, 1.165) is 18.9 Å². The Morgan fingerprint density at radius 3 is 2.73 bits per heavy atom. The van der Waals surface area contributed by atoms with Crippen LogP contribution in [-0.2, 0) is 4.74 Å². The van der Waals surface area contributed by atoms with E-state index in [2.05, 4.69) is 75.1 Å². The second kappa shape index (κ2) is 9.06. The molecule has 1 aromatic rings. The monoisotopic (exact) mass is 421 g/mol. The van der Waals surface area contributed by atoms with Crippen molar-refractivity contribution in [3.05, 3.63) is 42.5 Å². The van der Waals surface area contributed by atoms with E-state index in [-0.39, 0.29) is 11.8 Å². The Morgan fingerprint density at radius 1 is 1.23 bits per heavy atom. The topological polar surface area (TPSA) is 12.5 Å². The summed E-state index contributed by atoms with van der Waals surface area (Å²) in [5.74, 6) is 1.48. The Balaban J connectivity index is 1.69. The second-order valence-electron chi connectivity index (χ2n) is 8.48. The standard InChI is InChI=1S/C23H35NOSe/c1-5-6-15-24-22(14-16-26-19-10-8-7-9-11-19)25-21-17-18(2)12-13-20(21)23(24,3)4/h5-11,18,20-22H,12-17H2,1-4H3/b6-5+/t18-,20-,21-,22+/m1/s1. The van der Waals surface area contributed by atoms with Crippen molar-refractivity contribution < 1.29 is 4.74 Å². The van der Waals surface area contributed by atoms with Crippen LogP contribution in [0.4, 0.5) is 0 Å². The summed E-state index contributed by atoms with van der Waals surface area (Å²) in [4.78, 5) is 2.64. The van der Waals surface area contributed by atoms with E-state index >= 15 is 0 Å². The quantitative estimate of drug-likeness (QED) is 0.491. The Kier molecular flexibility index (Phi) is 7.02. The van der Waals surface area contributed by atoms with E-state index in [0.29, 0.717) is 27.0 Å². The van der Waals surface area contributed by atoms with Gasteiger partial charge in [-0.1, -0.05) is 0 Å². The third kappa shape index (κ3) is 4.62. The minimum absolute atomic E-state index is 0.215. The molecule has 1 saturated heterocycles. The molecule has 4 atom stereocenters. The maximum absolute atomic E-state index is 6.75. The predicted octanol–water partition coefficient (Wildman–Crippen LogP) is 4.64. The minimum atomic E-state index is 0.215. The van der Waals surface area contributed by atoms with E-state index in [1.807, 2.05) is 0 Å². The fourth-order valence-electron chi connectivity index (χ4n) is 4.74. The number of hydrogen-bond acceptors (Lipinski definition) is 2. The Morgan fingerprint density at radius 2 is 2.00 bits per heavy atom. The number of ether oxygens (including phenoxy) is 1. The summed E-state index contributed by atoms with van der Waals surface area (Å²) in [6.45, 7) is 10.4. The fraction of sp³-hybridized carbons (Fsp3) is 0.652.